The van der Waals surface area contributed by atoms with E-state index >= 15 is 0 Å². The molecule has 0 N–H and O–H groups in total. The van der Waals surface area contributed by atoms with E-state index in [-0.39, 0.29) is 0 Å². The zero-order valence-electron chi connectivity index (χ0n) is 32.1. The minimum atomic E-state index is 1.11. The van der Waals surface area contributed by atoms with Crippen LogP contribution < -0.4 is 4.90 Å². The average molecular weight is 742 g/mol. The number of hydrogen-bond donors (Lipinski definition) is 0. The molecule has 0 bridgehead atoms. The maximum atomic E-state index is 2.40. The van der Waals surface area contributed by atoms with Crippen LogP contribution in [0.3, 0.4) is 0 Å². The summed E-state index contributed by atoms with van der Waals surface area (Å²) in [5.41, 5.74) is 16.5. The van der Waals surface area contributed by atoms with E-state index in [0.717, 1.165) is 22.7 Å². The zero-order chi connectivity index (χ0) is 38.6. The normalized spacial score (nSPS) is 11.5. The van der Waals surface area contributed by atoms with Gasteiger partial charge in [-0.15, -0.1) is 0 Å². The molecule has 2 heterocycles. The summed E-state index contributed by atoms with van der Waals surface area (Å²) in [5, 5.41) is 4.98. The summed E-state index contributed by atoms with van der Waals surface area (Å²) in [6.45, 7) is 2.18. The summed E-state index contributed by atoms with van der Waals surface area (Å²) in [7, 11) is 0. The Hall–Kier alpha value is -7.62. The van der Waals surface area contributed by atoms with Gasteiger partial charge in [0.15, 0.2) is 0 Å². The lowest BCUT2D eigenvalue weighted by Gasteiger charge is -2.26. The van der Waals surface area contributed by atoms with Gasteiger partial charge in [0.05, 0.1) is 22.1 Å². The Morgan fingerprint density at radius 2 is 0.655 bits per heavy atom. The lowest BCUT2D eigenvalue weighted by Crippen LogP contribution is -2.09. The van der Waals surface area contributed by atoms with E-state index in [2.05, 4.69) is 239 Å². The fraction of sp³-hybridized carbons (Fsp3) is 0.0182. The second kappa shape index (κ2) is 13.8. The van der Waals surface area contributed by atoms with Crippen molar-refractivity contribution in [3.63, 3.8) is 0 Å². The van der Waals surface area contributed by atoms with Gasteiger partial charge in [-0.2, -0.15) is 0 Å². The number of benzene rings is 9. The molecule has 0 saturated heterocycles. The number of fused-ring (bicyclic) bond motifs is 6. The first-order chi connectivity index (χ1) is 28.7. The molecule has 0 unspecified atom stereocenters. The highest BCUT2D eigenvalue weighted by Gasteiger charge is 2.18. The molecule has 0 aliphatic carbocycles. The van der Waals surface area contributed by atoms with Crippen LogP contribution in [0.2, 0.25) is 0 Å². The van der Waals surface area contributed by atoms with E-state index in [1.165, 1.54) is 77.1 Å². The molecule has 58 heavy (non-hydrogen) atoms. The largest absolute Gasteiger partial charge is 0.310 e. The molecule has 11 aromatic rings. The summed E-state index contributed by atoms with van der Waals surface area (Å²) in [4.78, 5) is 2.32. The molecule has 0 saturated carbocycles. The first kappa shape index (κ1) is 33.7. The van der Waals surface area contributed by atoms with E-state index in [9.17, 15) is 0 Å². The highest BCUT2D eigenvalue weighted by Crippen LogP contribution is 2.41. The van der Waals surface area contributed by atoms with Gasteiger partial charge in [0, 0.05) is 50.0 Å². The van der Waals surface area contributed by atoms with Crippen molar-refractivity contribution in [1.82, 2.24) is 9.13 Å². The Bertz CT molecular complexity index is 3230. The monoisotopic (exact) mass is 741 g/mol. The number of aryl methyl sites for hydroxylation is 1. The molecular weight excluding hydrogens is 703 g/mol. The Morgan fingerprint density at radius 3 is 1.10 bits per heavy atom. The van der Waals surface area contributed by atoms with Gasteiger partial charge in [0.1, 0.15) is 0 Å². The number of para-hydroxylation sites is 4. The standard InChI is InChI=1S/C55H39N3/c1-38-25-29-52-48(33-38)49-36-41(27-31-53(49)57(52)45-20-10-4-11-21-45)42-28-32-55-51(37-42)50-35-40(26-30-54(50)58(55)46-22-12-5-13-23-46)39-15-14-24-47(34-39)56(43-16-6-2-7-17-43)44-18-8-3-9-19-44/h2-37H,1H3. The van der Waals surface area contributed by atoms with Gasteiger partial charge in [-0.05, 0) is 138 Å². The van der Waals surface area contributed by atoms with Crippen LogP contribution in [0, 0.1) is 6.92 Å². The van der Waals surface area contributed by atoms with Crippen LogP contribution in [-0.2, 0) is 0 Å². The number of rotatable bonds is 7. The molecule has 11 rings (SSSR count). The lowest BCUT2D eigenvalue weighted by atomic mass is 9.98. The number of aromatic nitrogens is 2. The summed E-state index contributed by atoms with van der Waals surface area (Å²) in [6.07, 6.45) is 0. The van der Waals surface area contributed by atoms with Gasteiger partial charge in [-0.1, -0.05) is 115 Å². The van der Waals surface area contributed by atoms with Crippen LogP contribution in [0.5, 0.6) is 0 Å². The summed E-state index contributed by atoms with van der Waals surface area (Å²) < 4.78 is 4.79. The van der Waals surface area contributed by atoms with Crippen LogP contribution in [0.25, 0.3) is 77.2 Å². The van der Waals surface area contributed by atoms with Crippen LogP contribution >= 0.6 is 0 Å². The van der Waals surface area contributed by atoms with Crippen LogP contribution in [0.1, 0.15) is 5.56 Å². The molecule has 0 aliphatic heterocycles. The predicted octanol–water partition coefficient (Wildman–Crippen LogP) is 15.0. The van der Waals surface area contributed by atoms with E-state index in [1.54, 1.807) is 0 Å². The minimum Gasteiger partial charge on any atom is -0.310 e. The first-order valence-corrected chi connectivity index (χ1v) is 19.9. The molecule has 0 atom stereocenters. The van der Waals surface area contributed by atoms with Crippen molar-refractivity contribution >= 4 is 60.7 Å². The Balaban J connectivity index is 1.08. The maximum Gasteiger partial charge on any atom is 0.0541 e. The van der Waals surface area contributed by atoms with Crippen LogP contribution in [0.15, 0.2) is 218 Å². The third-order valence-corrected chi connectivity index (χ3v) is 11.5. The third kappa shape index (κ3) is 5.67. The second-order valence-electron chi connectivity index (χ2n) is 15.1. The SMILES string of the molecule is Cc1ccc2c(c1)c1cc(-c3ccc4c(c3)c3cc(-c5cccc(N(c6ccccc6)c6ccccc6)c5)ccc3n4-c3ccccc3)ccc1n2-c1ccccc1. The van der Waals surface area contributed by atoms with Crippen molar-refractivity contribution in [2.45, 2.75) is 6.92 Å². The molecule has 2 aromatic heterocycles. The van der Waals surface area contributed by atoms with Crippen molar-refractivity contribution in [1.29, 1.82) is 0 Å². The molecule has 0 radical (unpaired) electrons. The molecule has 9 aromatic carbocycles. The molecule has 0 spiro atoms. The molecule has 274 valence electrons. The van der Waals surface area contributed by atoms with E-state index in [4.69, 9.17) is 0 Å². The first-order valence-electron chi connectivity index (χ1n) is 19.9. The van der Waals surface area contributed by atoms with Crippen LogP contribution in [0.4, 0.5) is 17.1 Å². The van der Waals surface area contributed by atoms with E-state index in [0.29, 0.717) is 0 Å². The fourth-order valence-corrected chi connectivity index (χ4v) is 8.84. The smallest absolute Gasteiger partial charge is 0.0541 e. The van der Waals surface area contributed by atoms with E-state index in [1.807, 2.05) is 0 Å². The van der Waals surface area contributed by atoms with Gasteiger partial charge in [0.2, 0.25) is 0 Å². The molecule has 0 amide bonds. The van der Waals surface area contributed by atoms with Crippen molar-refractivity contribution < 1.29 is 0 Å². The molecular formula is C55H39N3. The average Bonchev–Trinajstić information content (AvgIpc) is 3.79. The highest BCUT2D eigenvalue weighted by atomic mass is 15.1. The second-order valence-corrected chi connectivity index (χ2v) is 15.1. The van der Waals surface area contributed by atoms with Gasteiger partial charge in [-0.25, -0.2) is 0 Å². The number of anilines is 3. The maximum absolute atomic E-state index is 2.40. The third-order valence-electron chi connectivity index (χ3n) is 11.5. The molecule has 3 nitrogen and oxygen atoms in total. The van der Waals surface area contributed by atoms with Crippen molar-refractivity contribution in [2.75, 3.05) is 4.90 Å². The Kier molecular flexibility index (Phi) is 8.04. The minimum absolute atomic E-state index is 1.11. The predicted molar refractivity (Wildman–Crippen MR) is 245 cm³/mol. The number of hydrogen-bond acceptors (Lipinski definition) is 1. The lowest BCUT2D eigenvalue weighted by molar-refractivity contribution is 1.18. The summed E-state index contributed by atoms with van der Waals surface area (Å²) in [5.74, 6) is 0. The van der Waals surface area contributed by atoms with Gasteiger partial charge >= 0.3 is 0 Å². The zero-order valence-corrected chi connectivity index (χ0v) is 32.1. The Morgan fingerprint density at radius 1 is 0.293 bits per heavy atom. The van der Waals surface area contributed by atoms with Crippen molar-refractivity contribution in [3.05, 3.63) is 224 Å². The highest BCUT2D eigenvalue weighted by molar-refractivity contribution is 6.13. The quantitative estimate of drug-likeness (QED) is 0.159. The van der Waals surface area contributed by atoms with Crippen LogP contribution in [-0.4, -0.2) is 9.13 Å². The molecule has 0 fully saturated rings. The van der Waals surface area contributed by atoms with Gasteiger partial charge < -0.3 is 14.0 Å². The van der Waals surface area contributed by atoms with Gasteiger partial charge in [-0.3, -0.25) is 0 Å². The van der Waals surface area contributed by atoms with E-state index < -0.39 is 0 Å². The molecule has 3 heteroatoms. The molecule has 0 aliphatic rings. The summed E-state index contributed by atoms with van der Waals surface area (Å²) in [6, 6.07) is 79.2. The Labute approximate surface area is 337 Å². The van der Waals surface area contributed by atoms with Crippen molar-refractivity contribution in [3.8, 4) is 33.6 Å². The fourth-order valence-electron chi connectivity index (χ4n) is 8.84. The summed E-state index contributed by atoms with van der Waals surface area (Å²) >= 11 is 0. The van der Waals surface area contributed by atoms with Crippen molar-refractivity contribution in [2.24, 2.45) is 0 Å². The van der Waals surface area contributed by atoms with Gasteiger partial charge in [0.25, 0.3) is 0 Å². The number of nitrogens with zero attached hydrogens (tertiary/aromatic N) is 3. The topological polar surface area (TPSA) is 13.1 Å².